The normalized spacial score (nSPS) is 18.5. The van der Waals surface area contributed by atoms with Gasteiger partial charge < -0.3 is 15.7 Å². The van der Waals surface area contributed by atoms with Crippen molar-refractivity contribution in [2.75, 3.05) is 10.6 Å². The van der Waals surface area contributed by atoms with Crippen LogP contribution in [-0.4, -0.2) is 27.9 Å². The highest BCUT2D eigenvalue weighted by Gasteiger charge is 2.33. The van der Waals surface area contributed by atoms with E-state index < -0.39 is 17.8 Å². The van der Waals surface area contributed by atoms with Crippen molar-refractivity contribution in [3.8, 4) is 0 Å². The molecule has 138 valence electrons. The minimum atomic E-state index is -0.971. The molecule has 0 radical (unpaired) electrons. The molecule has 0 aliphatic heterocycles. The Labute approximate surface area is 156 Å². The Morgan fingerprint density at radius 2 is 1.63 bits per heavy atom. The van der Waals surface area contributed by atoms with Crippen LogP contribution in [0.25, 0.3) is 0 Å². The Morgan fingerprint density at radius 1 is 0.926 bits per heavy atom. The standard InChI is InChI=1S/C20H19N3O4/c24-18(23-17-7-3-4-12-21-17)13-8-10-14(11-9-13)22-19(25)15-5-1-2-6-16(15)20(26)27/h1-4,7-12,15-16H,5-6H2,(H,22,25)(H,26,27)(H,21,23,24)/t15-,16-/m1/s1. The smallest absolute Gasteiger partial charge is 0.307 e. The van der Waals surface area contributed by atoms with Crippen LogP contribution in [0.2, 0.25) is 0 Å². The van der Waals surface area contributed by atoms with Crippen molar-refractivity contribution in [1.29, 1.82) is 0 Å². The van der Waals surface area contributed by atoms with Crippen LogP contribution in [0, 0.1) is 11.8 Å². The van der Waals surface area contributed by atoms with E-state index in [1.807, 2.05) is 6.08 Å². The number of nitrogens with one attached hydrogen (secondary N) is 2. The third-order valence-electron chi connectivity index (χ3n) is 4.41. The predicted octanol–water partition coefficient (Wildman–Crippen LogP) is 2.94. The van der Waals surface area contributed by atoms with E-state index in [9.17, 15) is 19.5 Å². The van der Waals surface area contributed by atoms with Crippen LogP contribution in [0.4, 0.5) is 11.5 Å². The van der Waals surface area contributed by atoms with E-state index in [4.69, 9.17) is 0 Å². The molecule has 1 aliphatic rings. The number of carboxylic acids is 1. The van der Waals surface area contributed by atoms with E-state index in [2.05, 4.69) is 15.6 Å². The number of rotatable bonds is 5. The van der Waals surface area contributed by atoms with Crippen molar-refractivity contribution in [2.24, 2.45) is 11.8 Å². The van der Waals surface area contributed by atoms with Crippen LogP contribution in [0.1, 0.15) is 23.2 Å². The van der Waals surface area contributed by atoms with E-state index in [0.29, 0.717) is 29.9 Å². The number of carboxylic acid groups (broad SMARTS) is 1. The maximum absolute atomic E-state index is 12.4. The molecular weight excluding hydrogens is 346 g/mol. The van der Waals surface area contributed by atoms with Gasteiger partial charge in [0.1, 0.15) is 5.82 Å². The van der Waals surface area contributed by atoms with Crippen molar-refractivity contribution < 1.29 is 19.5 Å². The summed E-state index contributed by atoms with van der Waals surface area (Å²) in [7, 11) is 0. The molecule has 1 aliphatic carbocycles. The van der Waals surface area contributed by atoms with Gasteiger partial charge in [0.15, 0.2) is 0 Å². The van der Waals surface area contributed by atoms with Crippen LogP contribution in [0.5, 0.6) is 0 Å². The lowest BCUT2D eigenvalue weighted by atomic mass is 9.82. The monoisotopic (exact) mass is 365 g/mol. The van der Waals surface area contributed by atoms with Crippen molar-refractivity contribution in [1.82, 2.24) is 4.98 Å². The minimum Gasteiger partial charge on any atom is -0.481 e. The lowest BCUT2D eigenvalue weighted by Gasteiger charge is -2.24. The number of benzene rings is 1. The van der Waals surface area contributed by atoms with E-state index in [0.717, 1.165) is 0 Å². The van der Waals surface area contributed by atoms with Gasteiger partial charge in [0, 0.05) is 17.4 Å². The molecule has 0 fully saturated rings. The van der Waals surface area contributed by atoms with E-state index in [-0.39, 0.29) is 11.8 Å². The summed E-state index contributed by atoms with van der Waals surface area (Å²) in [6.07, 6.45) is 5.94. The van der Waals surface area contributed by atoms with Crippen LogP contribution in [-0.2, 0) is 9.59 Å². The first-order valence-corrected chi connectivity index (χ1v) is 8.55. The zero-order valence-electron chi connectivity index (χ0n) is 14.5. The van der Waals surface area contributed by atoms with Crippen LogP contribution in [0.3, 0.4) is 0 Å². The number of nitrogens with zero attached hydrogens (tertiary/aromatic N) is 1. The average molecular weight is 365 g/mol. The predicted molar refractivity (Wildman–Crippen MR) is 100 cm³/mol. The molecule has 7 nitrogen and oxygen atoms in total. The van der Waals surface area contributed by atoms with Crippen LogP contribution < -0.4 is 10.6 Å². The highest BCUT2D eigenvalue weighted by molar-refractivity contribution is 6.04. The maximum Gasteiger partial charge on any atom is 0.307 e. The molecule has 2 aromatic rings. The van der Waals surface area contributed by atoms with Gasteiger partial charge >= 0.3 is 5.97 Å². The number of aromatic nitrogens is 1. The average Bonchev–Trinajstić information content (AvgIpc) is 2.69. The number of aliphatic carboxylic acids is 1. The number of hydrogen-bond acceptors (Lipinski definition) is 4. The number of hydrogen-bond donors (Lipinski definition) is 3. The van der Waals surface area contributed by atoms with Gasteiger partial charge in [0.05, 0.1) is 11.8 Å². The Bertz CT molecular complexity index is 863. The topological polar surface area (TPSA) is 108 Å². The van der Waals surface area contributed by atoms with Crippen LogP contribution >= 0.6 is 0 Å². The molecule has 1 aromatic carbocycles. The van der Waals surface area contributed by atoms with Gasteiger partial charge in [0.2, 0.25) is 5.91 Å². The third-order valence-corrected chi connectivity index (χ3v) is 4.41. The highest BCUT2D eigenvalue weighted by Crippen LogP contribution is 2.27. The molecule has 0 unspecified atom stereocenters. The number of amides is 2. The molecule has 3 rings (SSSR count). The zero-order valence-corrected chi connectivity index (χ0v) is 14.5. The van der Waals surface area contributed by atoms with Crippen molar-refractivity contribution in [2.45, 2.75) is 12.8 Å². The largest absolute Gasteiger partial charge is 0.481 e. The molecule has 0 saturated carbocycles. The van der Waals surface area contributed by atoms with Gasteiger partial charge in [-0.25, -0.2) is 4.98 Å². The number of allylic oxidation sites excluding steroid dienone is 2. The maximum atomic E-state index is 12.4. The number of carbonyl (C=O) groups excluding carboxylic acids is 2. The number of anilines is 2. The first-order valence-electron chi connectivity index (χ1n) is 8.55. The minimum absolute atomic E-state index is 0.310. The Kier molecular flexibility index (Phi) is 5.61. The fourth-order valence-electron chi connectivity index (χ4n) is 2.94. The van der Waals surface area contributed by atoms with Gasteiger partial charge in [-0.2, -0.15) is 0 Å². The quantitative estimate of drug-likeness (QED) is 0.706. The summed E-state index contributed by atoms with van der Waals surface area (Å²) in [4.78, 5) is 40.0. The van der Waals surface area contributed by atoms with E-state index >= 15 is 0 Å². The van der Waals surface area contributed by atoms with Gasteiger partial charge in [-0.1, -0.05) is 18.2 Å². The summed E-state index contributed by atoms with van der Waals surface area (Å²) >= 11 is 0. The lowest BCUT2D eigenvalue weighted by Crippen LogP contribution is -2.34. The van der Waals surface area contributed by atoms with Crippen molar-refractivity contribution in [3.05, 3.63) is 66.4 Å². The van der Waals surface area contributed by atoms with Gasteiger partial charge in [0.25, 0.3) is 5.91 Å². The van der Waals surface area contributed by atoms with Gasteiger partial charge in [-0.15, -0.1) is 0 Å². The van der Waals surface area contributed by atoms with Gasteiger partial charge in [-0.05, 0) is 49.2 Å². The van der Waals surface area contributed by atoms with Gasteiger partial charge in [-0.3, -0.25) is 14.4 Å². The molecule has 7 heteroatoms. The van der Waals surface area contributed by atoms with E-state index in [1.54, 1.807) is 54.7 Å². The summed E-state index contributed by atoms with van der Waals surface area (Å²) in [5.41, 5.74) is 0.927. The third kappa shape index (κ3) is 4.58. The fourth-order valence-corrected chi connectivity index (χ4v) is 2.94. The fraction of sp³-hybridized carbons (Fsp3) is 0.200. The molecule has 1 heterocycles. The second-order valence-electron chi connectivity index (χ2n) is 6.23. The molecule has 0 saturated heterocycles. The summed E-state index contributed by atoms with van der Waals surface area (Å²) in [6, 6.07) is 11.6. The molecule has 3 N–H and O–H groups in total. The molecular formula is C20H19N3O4. The van der Waals surface area contributed by atoms with Crippen LogP contribution in [0.15, 0.2) is 60.8 Å². The summed E-state index contributed by atoms with van der Waals surface area (Å²) in [6.45, 7) is 0. The first-order chi connectivity index (χ1) is 13.0. The Balaban J connectivity index is 1.63. The number of carbonyl (C=O) groups is 3. The summed E-state index contributed by atoms with van der Waals surface area (Å²) in [5.74, 6) is -2.50. The summed E-state index contributed by atoms with van der Waals surface area (Å²) < 4.78 is 0. The lowest BCUT2D eigenvalue weighted by molar-refractivity contribution is -0.146. The molecule has 2 amide bonds. The SMILES string of the molecule is O=C(Nc1ccccn1)c1ccc(NC(=O)[C@@H]2CC=CC[C@H]2C(=O)O)cc1. The molecule has 27 heavy (non-hydrogen) atoms. The second kappa shape index (κ2) is 8.27. The number of pyridine rings is 1. The van der Waals surface area contributed by atoms with Crippen molar-refractivity contribution >= 4 is 29.3 Å². The molecule has 0 bridgehead atoms. The van der Waals surface area contributed by atoms with E-state index in [1.165, 1.54) is 0 Å². The second-order valence-corrected chi connectivity index (χ2v) is 6.23. The zero-order chi connectivity index (χ0) is 19.2. The molecule has 0 spiro atoms. The Hall–Kier alpha value is -3.48. The van der Waals surface area contributed by atoms with Crippen molar-refractivity contribution in [3.63, 3.8) is 0 Å². The first kappa shape index (κ1) is 18.3. The molecule has 1 aromatic heterocycles. The Morgan fingerprint density at radius 3 is 2.26 bits per heavy atom. The highest BCUT2D eigenvalue weighted by atomic mass is 16.4. The summed E-state index contributed by atoms with van der Waals surface area (Å²) in [5, 5.41) is 14.7. The molecule has 2 atom stereocenters.